The van der Waals surface area contributed by atoms with Crippen molar-refractivity contribution in [3.63, 3.8) is 0 Å². The van der Waals surface area contributed by atoms with Gasteiger partial charge in [0.05, 0.1) is 63.8 Å². The van der Waals surface area contributed by atoms with Crippen LogP contribution in [0.2, 0.25) is 0 Å². The third-order valence-electron chi connectivity index (χ3n) is 18.4. The second-order valence-electron chi connectivity index (χ2n) is 27.2. The number of hydrogen-bond acceptors (Lipinski definition) is 34. The van der Waals surface area contributed by atoms with E-state index in [0.717, 1.165) is 59.7 Å². The molecular formula is C64H103N15O34. The van der Waals surface area contributed by atoms with E-state index in [-0.39, 0.29) is 25.1 Å². The first kappa shape index (κ1) is 94.6. The van der Waals surface area contributed by atoms with Crippen LogP contribution < -0.4 is 64.2 Å². The minimum absolute atomic E-state index is 0.0542. The van der Waals surface area contributed by atoms with Gasteiger partial charge >= 0.3 is 11.9 Å². The Hall–Kier alpha value is -8.97. The number of aromatic nitrogens is 2. The maximum atomic E-state index is 15.2. The molecule has 0 saturated carbocycles. The van der Waals surface area contributed by atoms with Crippen molar-refractivity contribution in [3.8, 4) is 0 Å². The number of likely N-dealkylation sites (tertiary alicyclic amines) is 1. The molecule has 49 nitrogen and oxygen atoms in total. The molecule has 1 aromatic heterocycles. The Labute approximate surface area is 642 Å². The number of ether oxygens (including phenoxy) is 6. The van der Waals surface area contributed by atoms with Gasteiger partial charge in [-0.15, -0.1) is 0 Å². The van der Waals surface area contributed by atoms with Crippen molar-refractivity contribution in [1.29, 1.82) is 0 Å². The SMILES string of the molecule is CC(=O)N[C@H]1[C@H](OC[C@H]2O[C@H](O[C@H](C)[C@@H](NC(=O)[C@@H](NC(=O)[C@H](CCC(=O)O)NC(=O)[C@@H](N)[C@@H](C)O)[C@@H](C)O)C(=O)N[C@@H](CO)C(=O)N[C@@H](Cc3cnc[nH]3)C(=O)N[C@@H](CO)C(=O)N[C@H](C(=O)N3CCC[C@H]3C(=O)NCC(=O)O)[C@@H](C)O)[C@H](NC(C)=O)[C@@H](O[C@@H]3O[C@H](CO)[C@@H](O)[C@H](O)[C@H]3NC(C)=O)[C@H]2O)O[C@H](CO)[C@@H](O)[C@@H]1O. The zero-order chi connectivity index (χ0) is 84.7. The third-order valence-corrected chi connectivity index (χ3v) is 18.4. The van der Waals surface area contributed by atoms with E-state index >= 15 is 4.79 Å². The van der Waals surface area contributed by atoms with Crippen LogP contribution in [0.3, 0.4) is 0 Å². The van der Waals surface area contributed by atoms with Gasteiger partial charge in [-0.05, 0) is 47.0 Å². The third kappa shape index (κ3) is 26.5. The molecule has 28 atom stereocenters. The second-order valence-corrected chi connectivity index (χ2v) is 27.2. The van der Waals surface area contributed by atoms with Crippen LogP contribution in [0.15, 0.2) is 12.5 Å². The minimum Gasteiger partial charge on any atom is -0.481 e. The lowest BCUT2D eigenvalue weighted by molar-refractivity contribution is -0.339. The fourth-order valence-corrected chi connectivity index (χ4v) is 12.3. The summed E-state index contributed by atoms with van der Waals surface area (Å²) in [6.07, 6.45) is -30.6. The normalized spacial score (nSPS) is 28.2. The Morgan fingerprint density at radius 2 is 1.04 bits per heavy atom. The number of aromatic amines is 1. The zero-order valence-corrected chi connectivity index (χ0v) is 62.2. The van der Waals surface area contributed by atoms with Gasteiger partial charge < -0.3 is 174 Å². The molecule has 28 N–H and O–H groups in total. The summed E-state index contributed by atoms with van der Waals surface area (Å²) in [5.41, 5.74) is 5.84. The lowest BCUT2D eigenvalue weighted by atomic mass is 9.94. The first-order valence-electron chi connectivity index (χ1n) is 35.5. The summed E-state index contributed by atoms with van der Waals surface area (Å²) < 4.78 is 36.3. The zero-order valence-electron chi connectivity index (χ0n) is 62.2. The predicted octanol–water partition coefficient (Wildman–Crippen LogP) is -15.9. The topological polar surface area (TPSA) is 768 Å². The van der Waals surface area contributed by atoms with E-state index in [2.05, 4.69) is 68.5 Å². The van der Waals surface area contributed by atoms with Gasteiger partial charge in [0.1, 0.15) is 134 Å². The summed E-state index contributed by atoms with van der Waals surface area (Å²) in [5, 5.41) is 173. The molecule has 0 bridgehead atoms. The number of nitrogens with two attached hydrogens (primary N) is 1. The number of H-pyrrole nitrogens is 1. The molecule has 0 aromatic carbocycles. The molecule has 4 aliphatic rings. The number of aliphatic hydroxyl groups excluding tert-OH is 12. The number of carbonyl (C=O) groups is 14. The van der Waals surface area contributed by atoms with E-state index in [1.807, 2.05) is 0 Å². The molecule has 0 spiro atoms. The van der Waals surface area contributed by atoms with Crippen molar-refractivity contribution in [2.24, 2.45) is 5.73 Å². The van der Waals surface area contributed by atoms with Crippen molar-refractivity contribution >= 4 is 82.8 Å². The summed E-state index contributed by atoms with van der Waals surface area (Å²) in [4.78, 5) is 196. The van der Waals surface area contributed by atoms with Crippen LogP contribution >= 0.6 is 0 Å². The lowest BCUT2D eigenvalue weighted by Crippen LogP contribution is -2.70. The molecule has 0 radical (unpaired) electrons. The Morgan fingerprint density at radius 3 is 1.56 bits per heavy atom. The fourth-order valence-electron chi connectivity index (χ4n) is 12.3. The van der Waals surface area contributed by atoms with E-state index in [0.29, 0.717) is 0 Å². The van der Waals surface area contributed by atoms with Gasteiger partial charge in [0.25, 0.3) is 0 Å². The number of aliphatic carboxylic acids is 2. The predicted molar refractivity (Wildman–Crippen MR) is 370 cm³/mol. The number of aliphatic hydroxyl groups is 12. The molecule has 1 aromatic rings. The molecule has 5 rings (SSSR count). The Balaban J connectivity index is 1.60. The highest BCUT2D eigenvalue weighted by Gasteiger charge is 2.55. The van der Waals surface area contributed by atoms with Crippen molar-refractivity contribution in [2.75, 3.05) is 46.1 Å². The largest absolute Gasteiger partial charge is 0.481 e. The molecule has 113 heavy (non-hydrogen) atoms. The Kier molecular flexibility index (Phi) is 36.9. The highest BCUT2D eigenvalue weighted by Crippen LogP contribution is 2.33. The summed E-state index contributed by atoms with van der Waals surface area (Å²) in [6, 6.07) is -23.2. The van der Waals surface area contributed by atoms with Crippen molar-refractivity contribution in [1.82, 2.24) is 73.4 Å². The molecule has 638 valence electrons. The number of imidazole rings is 1. The number of carboxylic acids is 2. The molecule has 5 heterocycles. The first-order chi connectivity index (χ1) is 53.1. The number of nitrogens with zero attached hydrogens (tertiary/aromatic N) is 2. The standard InChI is InChI=1S/C64H103N15O34/c1-22(84)40(65)58(104)72-30(10-11-38(90)91)53(99)76-41(23(2)85)59(105)78-43(60(106)75-32(16-80)55(101)73-31(13-29-14-66-21-68-29)54(100)74-33(17-81)56(102)77-42(24(3)86)61(107)79-12-8-9-34(79)57(103)67-15-39(92)93)25(4)109-64-46(71-28(7)89)52(113-63-45(70-27(6)88)51(98)48(95)36(19-83)111-63)49(96)37(112-64)20-108-62-44(69-26(5)87)50(97)47(94)35(18-82)110-62/h14,21-25,30-37,40-52,62-64,80-86,94-98H,8-13,15-20,65H2,1-7H3,(H,66,68)(H,67,103)(H,69,87)(H,70,88)(H,71,89)(H,72,104)(H,73,101)(H,74,100)(H,75,106)(H,76,99)(H,77,102)(H,78,105)(H,90,91)(H,92,93)/t22-,23-,24-,25-,30+,31+,32+,33+,34+,35-,36-,37-,40+,41+,42+,43-,44-,45-,46-,47-,48-,49+,50-,51-,52-,62-,63+,64+/m1/s1. The maximum absolute atomic E-state index is 15.2. The molecule has 12 amide bonds. The summed E-state index contributed by atoms with van der Waals surface area (Å²) >= 11 is 0. The highest BCUT2D eigenvalue weighted by atomic mass is 16.7. The molecule has 0 aliphatic carbocycles. The molecule has 4 aliphatic heterocycles. The summed E-state index contributed by atoms with van der Waals surface area (Å²) in [5.74, 6) is -17.4. The average Bonchev–Trinajstić information content (AvgIpc) is 1.28. The number of nitrogens with one attached hydrogen (secondary N) is 12. The summed E-state index contributed by atoms with van der Waals surface area (Å²) in [6.45, 7) is 0.368. The minimum atomic E-state index is -2.45. The van der Waals surface area contributed by atoms with Gasteiger partial charge in [0.2, 0.25) is 70.9 Å². The fraction of sp³-hybridized carbons (Fsp3) is 0.734. The highest BCUT2D eigenvalue weighted by molar-refractivity contribution is 5.99. The molecule has 49 heteroatoms. The molecule has 0 unspecified atom stereocenters. The number of rotatable bonds is 41. The Morgan fingerprint density at radius 1 is 0.566 bits per heavy atom. The van der Waals surface area contributed by atoms with E-state index in [9.17, 15) is 129 Å². The number of carbonyl (C=O) groups excluding carboxylic acids is 12. The molecular weight excluding hydrogens is 1520 g/mol. The van der Waals surface area contributed by atoms with Crippen LogP contribution in [0.5, 0.6) is 0 Å². The van der Waals surface area contributed by atoms with Crippen molar-refractivity contribution < 1.29 is 167 Å². The van der Waals surface area contributed by atoms with Crippen LogP contribution in [0, 0.1) is 0 Å². The maximum Gasteiger partial charge on any atom is 0.322 e. The van der Waals surface area contributed by atoms with E-state index in [1.165, 1.54) is 6.20 Å². The van der Waals surface area contributed by atoms with Gasteiger partial charge in [0.15, 0.2) is 18.9 Å². The summed E-state index contributed by atoms with van der Waals surface area (Å²) in [7, 11) is 0. The van der Waals surface area contributed by atoms with Gasteiger partial charge in [-0.25, -0.2) is 4.98 Å². The molecule has 4 saturated heterocycles. The monoisotopic (exact) mass is 1630 g/mol. The smallest absolute Gasteiger partial charge is 0.322 e. The van der Waals surface area contributed by atoms with E-state index < -0.39 is 312 Å². The number of hydrogen-bond donors (Lipinski definition) is 27. The van der Waals surface area contributed by atoms with Gasteiger partial charge in [-0.2, -0.15) is 0 Å². The first-order valence-corrected chi connectivity index (χ1v) is 35.5. The quantitative estimate of drug-likeness (QED) is 0.0289. The second kappa shape index (κ2) is 44.1. The molecule has 4 fully saturated rings. The average molecular weight is 1630 g/mol. The Bertz CT molecular complexity index is 3420. The van der Waals surface area contributed by atoms with Crippen LogP contribution in [0.25, 0.3) is 0 Å². The van der Waals surface area contributed by atoms with Gasteiger partial charge in [-0.3, -0.25) is 67.1 Å². The van der Waals surface area contributed by atoms with Gasteiger partial charge in [0, 0.05) is 52.0 Å². The number of carboxylic acid groups (broad SMARTS) is 2. The van der Waals surface area contributed by atoms with Crippen LogP contribution in [0.1, 0.15) is 79.8 Å². The number of amides is 12. The van der Waals surface area contributed by atoms with Gasteiger partial charge in [-0.1, -0.05) is 0 Å². The van der Waals surface area contributed by atoms with Crippen LogP contribution in [-0.4, -0.2) is 386 Å². The van der Waals surface area contributed by atoms with E-state index in [1.54, 1.807) is 0 Å². The van der Waals surface area contributed by atoms with E-state index in [4.69, 9.17) is 39.3 Å². The van der Waals surface area contributed by atoms with Crippen molar-refractivity contribution in [2.45, 2.75) is 251 Å². The van der Waals surface area contributed by atoms with Crippen LogP contribution in [-0.2, 0) is 102 Å². The van der Waals surface area contributed by atoms with Crippen LogP contribution in [0.4, 0.5) is 0 Å². The van der Waals surface area contributed by atoms with Crippen molar-refractivity contribution in [3.05, 3.63) is 18.2 Å². The lowest BCUT2D eigenvalue weighted by Gasteiger charge is -2.49.